The molecule has 1 aromatic rings. The molecule has 2 unspecified atom stereocenters. The summed E-state index contributed by atoms with van der Waals surface area (Å²) in [6.07, 6.45) is 5.05. The lowest BCUT2D eigenvalue weighted by atomic mass is 9.97. The van der Waals surface area contributed by atoms with Crippen molar-refractivity contribution in [1.82, 2.24) is 9.78 Å². The topological polar surface area (TPSA) is 67.2 Å². The number of aryl methyl sites for hydroxylation is 1. The maximum Gasteiger partial charge on any atom is 0.282 e. The Labute approximate surface area is 114 Å². The van der Waals surface area contributed by atoms with E-state index in [-0.39, 0.29) is 12.2 Å². The average Bonchev–Trinajstić information content (AvgIpc) is 2.82. The Hall–Kier alpha value is -0.880. The maximum absolute atomic E-state index is 11.7. The fourth-order valence-corrected chi connectivity index (χ4v) is 3.00. The summed E-state index contributed by atoms with van der Waals surface area (Å²) in [6.45, 7) is 1.03. The van der Waals surface area contributed by atoms with E-state index in [4.69, 9.17) is 0 Å². The fourth-order valence-electron chi connectivity index (χ4n) is 2.50. The van der Waals surface area contributed by atoms with Crippen LogP contribution in [-0.4, -0.2) is 28.0 Å². The van der Waals surface area contributed by atoms with Gasteiger partial charge in [0, 0.05) is 20.2 Å². The number of nitrogens with zero attached hydrogens (tertiary/aromatic N) is 2. The van der Waals surface area contributed by atoms with E-state index < -0.39 is 0 Å². The molecule has 6 heteroatoms. The summed E-state index contributed by atoms with van der Waals surface area (Å²) in [7, 11) is 1.62. The van der Waals surface area contributed by atoms with Gasteiger partial charge in [-0.05, 0) is 40.6 Å². The molecular formula is C12H18BrN3O2. The minimum Gasteiger partial charge on any atom is -0.396 e. The summed E-state index contributed by atoms with van der Waals surface area (Å²) < 4.78 is 1.81. The molecule has 1 saturated carbocycles. The lowest BCUT2D eigenvalue weighted by molar-refractivity contribution is 0.199. The lowest BCUT2D eigenvalue weighted by Gasteiger charge is -2.18. The van der Waals surface area contributed by atoms with E-state index in [2.05, 4.69) is 26.3 Å². The highest BCUT2D eigenvalue weighted by molar-refractivity contribution is 9.10. The van der Waals surface area contributed by atoms with E-state index in [1.54, 1.807) is 13.2 Å². The van der Waals surface area contributed by atoms with Gasteiger partial charge >= 0.3 is 0 Å². The van der Waals surface area contributed by atoms with Gasteiger partial charge < -0.3 is 10.4 Å². The molecule has 1 heterocycles. The van der Waals surface area contributed by atoms with Crippen molar-refractivity contribution in [2.24, 2.45) is 18.9 Å². The first kappa shape index (κ1) is 13.5. The molecule has 18 heavy (non-hydrogen) atoms. The van der Waals surface area contributed by atoms with Crippen LogP contribution in [0.5, 0.6) is 0 Å². The third kappa shape index (κ3) is 2.75. The van der Waals surface area contributed by atoms with E-state index in [0.717, 1.165) is 25.1 Å². The molecule has 2 N–H and O–H groups in total. The van der Waals surface area contributed by atoms with Crippen LogP contribution in [0, 0.1) is 11.8 Å². The molecule has 1 aromatic heterocycles. The summed E-state index contributed by atoms with van der Waals surface area (Å²) in [5, 5.41) is 16.5. The Morgan fingerprint density at radius 3 is 3.00 bits per heavy atom. The van der Waals surface area contributed by atoms with Crippen molar-refractivity contribution in [3.05, 3.63) is 21.0 Å². The average molecular weight is 316 g/mol. The van der Waals surface area contributed by atoms with Gasteiger partial charge in [0.15, 0.2) is 0 Å². The summed E-state index contributed by atoms with van der Waals surface area (Å²) in [4.78, 5) is 11.7. The van der Waals surface area contributed by atoms with Crippen LogP contribution in [0.3, 0.4) is 0 Å². The van der Waals surface area contributed by atoms with E-state index in [1.165, 1.54) is 11.1 Å². The summed E-state index contributed by atoms with van der Waals surface area (Å²) >= 11 is 3.29. The van der Waals surface area contributed by atoms with Gasteiger partial charge in [0.25, 0.3) is 5.56 Å². The SMILES string of the molecule is Cn1ncc(NCC2CCCC2CO)c(Br)c1=O. The van der Waals surface area contributed by atoms with Crippen molar-refractivity contribution in [2.75, 3.05) is 18.5 Å². The zero-order valence-corrected chi connectivity index (χ0v) is 12.0. The largest absolute Gasteiger partial charge is 0.396 e. The van der Waals surface area contributed by atoms with E-state index >= 15 is 0 Å². The van der Waals surface area contributed by atoms with Gasteiger partial charge in [0.05, 0.1) is 11.9 Å². The van der Waals surface area contributed by atoms with Crippen LogP contribution in [0.1, 0.15) is 19.3 Å². The normalized spacial score (nSPS) is 23.3. The van der Waals surface area contributed by atoms with Gasteiger partial charge in [-0.2, -0.15) is 5.10 Å². The molecule has 0 saturated heterocycles. The molecule has 2 rings (SSSR count). The van der Waals surface area contributed by atoms with Crippen molar-refractivity contribution in [3.63, 3.8) is 0 Å². The van der Waals surface area contributed by atoms with Crippen LogP contribution in [0.2, 0.25) is 0 Å². The molecule has 0 aliphatic heterocycles. The number of aromatic nitrogens is 2. The van der Waals surface area contributed by atoms with Gasteiger partial charge in [-0.25, -0.2) is 4.68 Å². The Bertz CT molecular complexity index is 475. The van der Waals surface area contributed by atoms with Gasteiger partial charge in [-0.15, -0.1) is 0 Å². The summed E-state index contributed by atoms with van der Waals surface area (Å²) in [5.41, 5.74) is 0.576. The first-order valence-electron chi connectivity index (χ1n) is 6.20. The highest BCUT2D eigenvalue weighted by Gasteiger charge is 2.26. The van der Waals surface area contributed by atoms with E-state index in [9.17, 15) is 9.90 Å². The quantitative estimate of drug-likeness (QED) is 0.880. The Morgan fingerprint density at radius 1 is 1.56 bits per heavy atom. The van der Waals surface area contributed by atoms with Gasteiger partial charge in [0.1, 0.15) is 4.47 Å². The van der Waals surface area contributed by atoms with Crippen molar-refractivity contribution in [1.29, 1.82) is 0 Å². The molecule has 0 radical (unpaired) electrons. The first-order valence-corrected chi connectivity index (χ1v) is 6.99. The number of hydrogen-bond acceptors (Lipinski definition) is 4. The third-order valence-corrected chi connectivity index (χ3v) is 4.45. The van der Waals surface area contributed by atoms with Crippen LogP contribution in [0.4, 0.5) is 5.69 Å². The van der Waals surface area contributed by atoms with Crippen molar-refractivity contribution in [3.8, 4) is 0 Å². The monoisotopic (exact) mass is 315 g/mol. The molecule has 0 bridgehead atoms. The zero-order valence-electron chi connectivity index (χ0n) is 10.4. The van der Waals surface area contributed by atoms with Crippen molar-refractivity contribution in [2.45, 2.75) is 19.3 Å². The Morgan fingerprint density at radius 2 is 2.28 bits per heavy atom. The lowest BCUT2D eigenvalue weighted by Crippen LogP contribution is -2.24. The smallest absolute Gasteiger partial charge is 0.282 e. The number of anilines is 1. The second kappa shape index (κ2) is 5.84. The molecular weight excluding hydrogens is 298 g/mol. The van der Waals surface area contributed by atoms with Crippen LogP contribution >= 0.6 is 15.9 Å². The molecule has 0 amide bonds. The molecule has 1 aliphatic rings. The number of aliphatic hydroxyl groups is 1. The predicted octanol–water partition coefficient (Wildman–Crippen LogP) is 1.36. The minimum atomic E-state index is -0.148. The highest BCUT2D eigenvalue weighted by Crippen LogP contribution is 2.31. The summed E-state index contributed by atoms with van der Waals surface area (Å²) in [6, 6.07) is 0. The molecule has 1 aliphatic carbocycles. The highest BCUT2D eigenvalue weighted by atomic mass is 79.9. The Kier molecular flexibility index (Phi) is 4.40. The van der Waals surface area contributed by atoms with Crippen molar-refractivity contribution < 1.29 is 5.11 Å². The third-order valence-electron chi connectivity index (χ3n) is 3.68. The molecule has 2 atom stereocenters. The van der Waals surface area contributed by atoms with Crippen LogP contribution in [0.25, 0.3) is 0 Å². The summed E-state index contributed by atoms with van der Waals surface area (Å²) in [5.74, 6) is 0.863. The van der Waals surface area contributed by atoms with Crippen molar-refractivity contribution >= 4 is 21.6 Å². The number of nitrogens with one attached hydrogen (secondary N) is 1. The number of hydrogen-bond donors (Lipinski definition) is 2. The number of aliphatic hydroxyl groups excluding tert-OH is 1. The molecule has 1 fully saturated rings. The van der Waals surface area contributed by atoms with Crippen LogP contribution < -0.4 is 10.9 Å². The predicted molar refractivity (Wildman–Crippen MR) is 73.6 cm³/mol. The molecule has 0 spiro atoms. The van der Waals surface area contributed by atoms with E-state index in [0.29, 0.717) is 16.3 Å². The second-order valence-corrected chi connectivity index (χ2v) is 5.61. The van der Waals surface area contributed by atoms with Gasteiger partial charge in [-0.1, -0.05) is 6.42 Å². The fraction of sp³-hybridized carbons (Fsp3) is 0.667. The molecule has 0 aromatic carbocycles. The Balaban J connectivity index is 2.02. The molecule has 100 valence electrons. The zero-order chi connectivity index (χ0) is 13.1. The standard InChI is InChI=1S/C12H18BrN3O2/c1-16-12(18)11(13)10(6-15-16)14-5-8-3-2-4-9(8)7-17/h6,8-9,14,17H,2-5,7H2,1H3. The first-order chi connectivity index (χ1) is 8.63. The maximum atomic E-state index is 11.7. The minimum absolute atomic E-state index is 0.148. The van der Waals surface area contributed by atoms with E-state index in [1.807, 2.05) is 0 Å². The molecule has 5 nitrogen and oxygen atoms in total. The van der Waals surface area contributed by atoms with Crippen LogP contribution in [-0.2, 0) is 7.05 Å². The van der Waals surface area contributed by atoms with Gasteiger partial charge in [0.2, 0.25) is 0 Å². The number of halogens is 1. The van der Waals surface area contributed by atoms with Crippen LogP contribution in [0.15, 0.2) is 15.5 Å². The second-order valence-electron chi connectivity index (χ2n) is 4.82. The van der Waals surface area contributed by atoms with Gasteiger partial charge in [-0.3, -0.25) is 4.79 Å². The number of rotatable bonds is 4.